The number of rotatable bonds is 7. The molecule has 26 heavy (non-hydrogen) atoms. The molecule has 0 aliphatic carbocycles. The summed E-state index contributed by atoms with van der Waals surface area (Å²) in [5.41, 5.74) is 1.04. The number of alkyl halides is 2. The Kier molecular flexibility index (Phi) is 10.8. The fourth-order valence-electron chi connectivity index (χ4n) is 2.98. The quantitative estimate of drug-likeness (QED) is 0.318. The van der Waals surface area contributed by atoms with E-state index in [0.29, 0.717) is 19.6 Å². The Bertz CT molecular complexity index is 552. The maximum absolute atomic E-state index is 12.4. The molecule has 1 fully saturated rings. The Balaban J connectivity index is 0.00000338. The maximum Gasteiger partial charge on any atom is 0.251 e. The summed E-state index contributed by atoms with van der Waals surface area (Å²) >= 11 is 0. The highest BCUT2D eigenvalue weighted by Gasteiger charge is 2.21. The van der Waals surface area contributed by atoms with E-state index in [2.05, 4.69) is 15.6 Å². The molecule has 0 saturated carbocycles. The number of phenolic OH excluding ortho intramolecular Hbond substituents is 1. The molecule has 0 atom stereocenters. The average Bonchev–Trinajstić information content (AvgIpc) is 2.56. The third-order valence-electron chi connectivity index (χ3n) is 4.25. The van der Waals surface area contributed by atoms with Crippen molar-refractivity contribution in [1.29, 1.82) is 0 Å². The first-order valence-corrected chi connectivity index (χ1v) is 8.90. The number of nitrogens with one attached hydrogen (secondary N) is 2. The van der Waals surface area contributed by atoms with Crippen molar-refractivity contribution in [2.75, 3.05) is 32.7 Å². The fraction of sp³-hybridized carbons (Fsp3) is 0.611. The van der Waals surface area contributed by atoms with E-state index in [1.807, 2.05) is 24.0 Å². The van der Waals surface area contributed by atoms with E-state index in [1.165, 1.54) is 0 Å². The molecule has 1 aliphatic heterocycles. The number of phenols is 1. The van der Waals surface area contributed by atoms with Crippen LogP contribution in [0.15, 0.2) is 29.3 Å². The Morgan fingerprint density at radius 1 is 1.35 bits per heavy atom. The number of hydrogen-bond acceptors (Lipinski definition) is 3. The zero-order valence-corrected chi connectivity index (χ0v) is 17.5. The molecule has 0 spiro atoms. The second-order valence-corrected chi connectivity index (χ2v) is 6.29. The lowest BCUT2D eigenvalue weighted by atomic mass is 10.1. The first kappa shape index (κ1) is 22.9. The van der Waals surface area contributed by atoms with Gasteiger partial charge in [-0.1, -0.05) is 12.1 Å². The van der Waals surface area contributed by atoms with Crippen molar-refractivity contribution in [2.45, 2.75) is 38.7 Å². The molecular formula is C18H29F2IN4O. The molecule has 8 heteroatoms. The Morgan fingerprint density at radius 3 is 2.69 bits per heavy atom. The highest BCUT2D eigenvalue weighted by molar-refractivity contribution is 14.0. The van der Waals surface area contributed by atoms with Crippen LogP contribution in [-0.2, 0) is 6.42 Å². The van der Waals surface area contributed by atoms with Crippen molar-refractivity contribution in [1.82, 2.24) is 15.5 Å². The van der Waals surface area contributed by atoms with Gasteiger partial charge in [-0.15, -0.1) is 24.0 Å². The van der Waals surface area contributed by atoms with Crippen LogP contribution >= 0.6 is 24.0 Å². The molecule has 148 valence electrons. The topological polar surface area (TPSA) is 59.9 Å². The van der Waals surface area contributed by atoms with E-state index in [-0.39, 0.29) is 42.3 Å². The van der Waals surface area contributed by atoms with Gasteiger partial charge >= 0.3 is 0 Å². The van der Waals surface area contributed by atoms with Crippen molar-refractivity contribution in [3.63, 3.8) is 0 Å². The first-order chi connectivity index (χ1) is 12.1. The number of aromatic hydroxyl groups is 1. The van der Waals surface area contributed by atoms with Crippen molar-refractivity contribution in [3.8, 4) is 5.75 Å². The summed E-state index contributed by atoms with van der Waals surface area (Å²) in [6, 6.07) is 7.44. The van der Waals surface area contributed by atoms with Gasteiger partial charge in [0.15, 0.2) is 5.96 Å². The van der Waals surface area contributed by atoms with Gasteiger partial charge in [-0.3, -0.25) is 9.89 Å². The number of benzene rings is 1. The monoisotopic (exact) mass is 482 g/mol. The highest BCUT2D eigenvalue weighted by Crippen LogP contribution is 2.12. The molecule has 1 aromatic carbocycles. The summed E-state index contributed by atoms with van der Waals surface area (Å²) in [6.45, 7) is 4.63. The standard InChI is InChI=1S/C18H28F2N4O.HI/c1-2-21-18(22-9-6-14-4-3-5-16(25)12-14)23-15-7-10-24(11-8-15)13-17(19)20;/h3-5,12,15,17,25H,2,6-11,13H2,1H3,(H2,21,22,23);1H. The van der Waals surface area contributed by atoms with Gasteiger partial charge in [-0.25, -0.2) is 8.78 Å². The number of likely N-dealkylation sites (tertiary alicyclic amines) is 1. The van der Waals surface area contributed by atoms with E-state index in [0.717, 1.165) is 37.3 Å². The molecular weight excluding hydrogens is 453 g/mol. The maximum atomic E-state index is 12.4. The number of hydrogen-bond donors (Lipinski definition) is 3. The van der Waals surface area contributed by atoms with Crippen molar-refractivity contribution >= 4 is 29.9 Å². The molecule has 5 nitrogen and oxygen atoms in total. The Hall–Kier alpha value is -1.16. The van der Waals surface area contributed by atoms with Gasteiger partial charge in [0.05, 0.1) is 6.54 Å². The minimum Gasteiger partial charge on any atom is -0.508 e. The third kappa shape index (κ3) is 8.48. The van der Waals surface area contributed by atoms with Gasteiger partial charge in [-0.2, -0.15) is 0 Å². The van der Waals surface area contributed by atoms with Gasteiger partial charge in [0.25, 0.3) is 6.43 Å². The van der Waals surface area contributed by atoms with Gasteiger partial charge in [0.1, 0.15) is 5.75 Å². The molecule has 0 radical (unpaired) electrons. The number of halogens is 3. The molecule has 0 bridgehead atoms. The Morgan fingerprint density at radius 2 is 2.08 bits per heavy atom. The third-order valence-corrected chi connectivity index (χ3v) is 4.25. The summed E-state index contributed by atoms with van der Waals surface area (Å²) in [4.78, 5) is 6.39. The minimum absolute atomic E-state index is 0. The zero-order valence-electron chi connectivity index (χ0n) is 15.1. The summed E-state index contributed by atoms with van der Waals surface area (Å²) in [6.07, 6.45) is 0.159. The first-order valence-electron chi connectivity index (χ1n) is 8.90. The fourth-order valence-corrected chi connectivity index (χ4v) is 2.98. The molecule has 0 aromatic heterocycles. The lowest BCUT2D eigenvalue weighted by molar-refractivity contribution is 0.0744. The smallest absolute Gasteiger partial charge is 0.251 e. The summed E-state index contributed by atoms with van der Waals surface area (Å²) in [7, 11) is 0. The predicted molar refractivity (Wildman–Crippen MR) is 112 cm³/mol. The highest BCUT2D eigenvalue weighted by atomic mass is 127. The van der Waals surface area contributed by atoms with Crippen molar-refractivity contribution in [2.24, 2.45) is 4.99 Å². The molecule has 0 amide bonds. The van der Waals surface area contributed by atoms with Crippen LogP contribution in [0.5, 0.6) is 5.75 Å². The van der Waals surface area contributed by atoms with E-state index in [1.54, 1.807) is 12.1 Å². The second kappa shape index (κ2) is 12.3. The second-order valence-electron chi connectivity index (χ2n) is 6.29. The summed E-state index contributed by atoms with van der Waals surface area (Å²) in [5, 5.41) is 16.1. The molecule has 3 N–H and O–H groups in total. The number of nitrogens with zero attached hydrogens (tertiary/aromatic N) is 2. The molecule has 1 heterocycles. The van der Waals surface area contributed by atoms with Gasteiger partial charge in [0, 0.05) is 32.2 Å². The van der Waals surface area contributed by atoms with Gasteiger partial charge in [0.2, 0.25) is 0 Å². The largest absolute Gasteiger partial charge is 0.508 e. The lowest BCUT2D eigenvalue weighted by Gasteiger charge is -2.32. The number of guanidine groups is 1. The predicted octanol–water partition coefficient (Wildman–Crippen LogP) is 2.84. The molecule has 2 rings (SSSR count). The average molecular weight is 482 g/mol. The van der Waals surface area contributed by atoms with Crippen LogP contribution < -0.4 is 10.6 Å². The van der Waals surface area contributed by atoms with E-state index >= 15 is 0 Å². The van der Waals surface area contributed by atoms with E-state index in [4.69, 9.17) is 0 Å². The van der Waals surface area contributed by atoms with Crippen LogP contribution in [0.2, 0.25) is 0 Å². The van der Waals surface area contributed by atoms with Crippen molar-refractivity contribution < 1.29 is 13.9 Å². The van der Waals surface area contributed by atoms with E-state index < -0.39 is 6.43 Å². The molecule has 1 saturated heterocycles. The number of aliphatic imine (C=N–C) groups is 1. The van der Waals surface area contributed by atoms with E-state index in [9.17, 15) is 13.9 Å². The summed E-state index contributed by atoms with van der Waals surface area (Å²) in [5.74, 6) is 1.03. The molecule has 1 aromatic rings. The molecule has 1 aliphatic rings. The van der Waals surface area contributed by atoms with Crippen molar-refractivity contribution in [3.05, 3.63) is 29.8 Å². The summed E-state index contributed by atoms with van der Waals surface area (Å²) < 4.78 is 24.9. The Labute approximate surface area is 171 Å². The molecule has 0 unspecified atom stereocenters. The van der Waals surface area contributed by atoms with Crippen LogP contribution in [-0.4, -0.2) is 61.2 Å². The minimum atomic E-state index is -2.26. The van der Waals surface area contributed by atoms with Gasteiger partial charge in [-0.05, 0) is 43.9 Å². The number of piperidine rings is 1. The van der Waals surface area contributed by atoms with Crippen LogP contribution in [0.4, 0.5) is 8.78 Å². The normalized spacial score (nSPS) is 16.4. The SMILES string of the molecule is CCNC(=NCCc1cccc(O)c1)NC1CCN(CC(F)F)CC1.I. The van der Waals surface area contributed by atoms with Gasteiger partial charge < -0.3 is 15.7 Å². The van der Waals surface area contributed by atoms with Crippen LogP contribution in [0, 0.1) is 0 Å². The van der Waals surface area contributed by atoms with Crippen LogP contribution in [0.25, 0.3) is 0 Å². The van der Waals surface area contributed by atoms with Crippen LogP contribution in [0.3, 0.4) is 0 Å². The lowest BCUT2D eigenvalue weighted by Crippen LogP contribution is -2.49. The zero-order chi connectivity index (χ0) is 18.1. The van der Waals surface area contributed by atoms with Crippen LogP contribution in [0.1, 0.15) is 25.3 Å².